The van der Waals surface area contributed by atoms with Crippen LogP contribution in [0.15, 0.2) is 0 Å². The minimum atomic E-state index is 0.113. The van der Waals surface area contributed by atoms with E-state index in [2.05, 4.69) is 44.8 Å². The number of hydrogen-bond acceptors (Lipinski definition) is 3. The van der Waals surface area contributed by atoms with Crippen molar-refractivity contribution in [3.8, 4) is 0 Å². The summed E-state index contributed by atoms with van der Waals surface area (Å²) in [5.41, 5.74) is 5.84. The summed E-state index contributed by atoms with van der Waals surface area (Å²) >= 11 is 0. The van der Waals surface area contributed by atoms with Gasteiger partial charge in [-0.25, -0.2) is 0 Å². The molecule has 18 heavy (non-hydrogen) atoms. The molecule has 0 spiro atoms. The fourth-order valence-corrected chi connectivity index (χ4v) is 2.09. The zero-order chi connectivity index (χ0) is 14.1. The summed E-state index contributed by atoms with van der Waals surface area (Å²) in [6.45, 7) is 13.0. The molecule has 3 N–H and O–H groups in total. The van der Waals surface area contributed by atoms with Crippen LogP contribution in [-0.4, -0.2) is 42.5 Å². The lowest BCUT2D eigenvalue weighted by Crippen LogP contribution is -2.48. The van der Waals surface area contributed by atoms with Crippen molar-refractivity contribution >= 4 is 5.91 Å². The molecule has 0 saturated heterocycles. The van der Waals surface area contributed by atoms with Gasteiger partial charge in [-0.1, -0.05) is 20.8 Å². The van der Waals surface area contributed by atoms with Crippen LogP contribution in [0.5, 0.6) is 0 Å². The molecule has 1 atom stereocenters. The molecule has 0 aromatic heterocycles. The zero-order valence-electron chi connectivity index (χ0n) is 12.7. The molecule has 0 aromatic carbocycles. The molecule has 0 bridgehead atoms. The Hall–Kier alpha value is -0.610. The summed E-state index contributed by atoms with van der Waals surface area (Å²) in [6.07, 6.45) is 1.47. The smallest absolute Gasteiger partial charge is 0.221 e. The summed E-state index contributed by atoms with van der Waals surface area (Å²) in [6, 6.07) is 0.559. The largest absolute Gasteiger partial charge is 0.356 e. The molecule has 0 heterocycles. The molecule has 108 valence electrons. The Morgan fingerprint density at radius 1 is 1.28 bits per heavy atom. The summed E-state index contributed by atoms with van der Waals surface area (Å²) in [7, 11) is 0. The predicted octanol–water partition coefficient (Wildman–Crippen LogP) is 1.60. The molecule has 1 amide bonds. The molecule has 4 heteroatoms. The number of carbonyl (C=O) groups excluding carboxylic acids is 1. The van der Waals surface area contributed by atoms with E-state index in [0.29, 0.717) is 24.9 Å². The third-order valence-corrected chi connectivity index (χ3v) is 2.97. The van der Waals surface area contributed by atoms with Crippen molar-refractivity contribution in [2.45, 2.75) is 59.5 Å². The Kier molecular flexibility index (Phi) is 9.02. The predicted molar refractivity (Wildman–Crippen MR) is 77.4 cm³/mol. The van der Waals surface area contributed by atoms with E-state index in [1.165, 1.54) is 0 Å². The van der Waals surface area contributed by atoms with Gasteiger partial charge in [0.15, 0.2) is 0 Å². The van der Waals surface area contributed by atoms with Crippen molar-refractivity contribution in [1.82, 2.24) is 10.2 Å². The minimum absolute atomic E-state index is 0.113. The average Bonchev–Trinajstić information content (AvgIpc) is 2.30. The van der Waals surface area contributed by atoms with E-state index in [1.807, 2.05) is 0 Å². The van der Waals surface area contributed by atoms with Crippen molar-refractivity contribution in [3.05, 3.63) is 0 Å². The highest BCUT2D eigenvalue weighted by Gasteiger charge is 2.23. The Morgan fingerprint density at radius 2 is 1.89 bits per heavy atom. The second-order valence-electron chi connectivity index (χ2n) is 5.63. The number of amides is 1. The summed E-state index contributed by atoms with van der Waals surface area (Å²) in [5.74, 6) is 0.696. The number of nitrogens with two attached hydrogens (primary N) is 1. The van der Waals surface area contributed by atoms with Crippen LogP contribution in [0, 0.1) is 5.92 Å². The Bertz CT molecular complexity index is 229. The van der Waals surface area contributed by atoms with E-state index >= 15 is 0 Å². The Balaban J connectivity index is 4.45. The summed E-state index contributed by atoms with van der Waals surface area (Å²) in [4.78, 5) is 14.1. The normalized spacial score (nSPS) is 13.4. The van der Waals surface area contributed by atoms with E-state index in [9.17, 15) is 4.79 Å². The standard InChI is InChI=1S/C14H31N3O/c1-6-7-16-14(18)8-13(9-15)17(12(4)5)10-11(2)3/h11-13H,6-10,15H2,1-5H3,(H,16,18). The highest BCUT2D eigenvalue weighted by molar-refractivity contribution is 5.76. The first-order valence-electron chi connectivity index (χ1n) is 7.14. The molecule has 4 nitrogen and oxygen atoms in total. The molecule has 1 unspecified atom stereocenters. The Morgan fingerprint density at radius 3 is 2.28 bits per heavy atom. The van der Waals surface area contributed by atoms with Gasteiger partial charge in [-0.2, -0.15) is 0 Å². The lowest BCUT2D eigenvalue weighted by Gasteiger charge is -2.35. The van der Waals surface area contributed by atoms with Crippen LogP contribution in [0.2, 0.25) is 0 Å². The van der Waals surface area contributed by atoms with Gasteiger partial charge in [-0.15, -0.1) is 0 Å². The molecule has 0 fully saturated rings. The molecule has 0 aromatic rings. The molecule has 0 radical (unpaired) electrons. The fourth-order valence-electron chi connectivity index (χ4n) is 2.09. The van der Waals surface area contributed by atoms with Crippen molar-refractivity contribution in [1.29, 1.82) is 0 Å². The maximum Gasteiger partial charge on any atom is 0.221 e. The van der Waals surface area contributed by atoms with Crippen LogP contribution >= 0.6 is 0 Å². The van der Waals surface area contributed by atoms with Crippen molar-refractivity contribution in [2.75, 3.05) is 19.6 Å². The summed E-state index contributed by atoms with van der Waals surface area (Å²) in [5, 5.41) is 2.92. The monoisotopic (exact) mass is 257 g/mol. The Labute approximate surface area is 112 Å². The minimum Gasteiger partial charge on any atom is -0.356 e. The van der Waals surface area contributed by atoms with Gasteiger partial charge in [0, 0.05) is 38.1 Å². The van der Waals surface area contributed by atoms with E-state index in [0.717, 1.165) is 19.5 Å². The van der Waals surface area contributed by atoms with Gasteiger partial charge in [0.25, 0.3) is 0 Å². The number of carbonyl (C=O) groups is 1. The topological polar surface area (TPSA) is 58.4 Å². The van der Waals surface area contributed by atoms with Crippen LogP contribution in [-0.2, 0) is 4.79 Å². The maximum absolute atomic E-state index is 11.8. The molecule has 0 aliphatic carbocycles. The van der Waals surface area contributed by atoms with Gasteiger partial charge in [-0.3, -0.25) is 9.69 Å². The van der Waals surface area contributed by atoms with Gasteiger partial charge in [-0.05, 0) is 26.2 Å². The zero-order valence-corrected chi connectivity index (χ0v) is 12.7. The van der Waals surface area contributed by atoms with Gasteiger partial charge < -0.3 is 11.1 Å². The van der Waals surface area contributed by atoms with Crippen LogP contribution in [0.4, 0.5) is 0 Å². The van der Waals surface area contributed by atoms with E-state index in [1.54, 1.807) is 0 Å². The molecular weight excluding hydrogens is 226 g/mol. The number of rotatable bonds is 9. The lowest BCUT2D eigenvalue weighted by atomic mass is 10.1. The fraction of sp³-hybridized carbons (Fsp3) is 0.929. The molecule has 0 rings (SSSR count). The second kappa shape index (κ2) is 9.34. The van der Waals surface area contributed by atoms with Gasteiger partial charge in [0.1, 0.15) is 0 Å². The van der Waals surface area contributed by atoms with Crippen molar-refractivity contribution in [2.24, 2.45) is 11.7 Å². The number of nitrogens with one attached hydrogen (secondary N) is 1. The SMILES string of the molecule is CCCNC(=O)CC(CN)N(CC(C)C)C(C)C. The van der Waals surface area contributed by atoms with Gasteiger partial charge in [0.05, 0.1) is 0 Å². The number of nitrogens with zero attached hydrogens (tertiary/aromatic N) is 1. The third kappa shape index (κ3) is 6.97. The first kappa shape index (κ1) is 17.4. The highest BCUT2D eigenvalue weighted by atomic mass is 16.1. The van der Waals surface area contributed by atoms with Crippen LogP contribution < -0.4 is 11.1 Å². The molecule has 0 saturated carbocycles. The van der Waals surface area contributed by atoms with E-state index < -0.39 is 0 Å². The van der Waals surface area contributed by atoms with Crippen molar-refractivity contribution < 1.29 is 4.79 Å². The first-order chi connectivity index (χ1) is 8.42. The lowest BCUT2D eigenvalue weighted by molar-refractivity contribution is -0.122. The van der Waals surface area contributed by atoms with Crippen LogP contribution in [0.1, 0.15) is 47.5 Å². The maximum atomic E-state index is 11.8. The van der Waals surface area contributed by atoms with Gasteiger partial charge >= 0.3 is 0 Å². The number of hydrogen-bond donors (Lipinski definition) is 2. The van der Waals surface area contributed by atoms with Gasteiger partial charge in [0.2, 0.25) is 5.91 Å². The van der Waals surface area contributed by atoms with Crippen molar-refractivity contribution in [3.63, 3.8) is 0 Å². The second-order valence-corrected chi connectivity index (χ2v) is 5.63. The molecule has 0 aliphatic rings. The van der Waals surface area contributed by atoms with Crippen LogP contribution in [0.3, 0.4) is 0 Å². The first-order valence-corrected chi connectivity index (χ1v) is 7.14. The van der Waals surface area contributed by atoms with Crippen LogP contribution in [0.25, 0.3) is 0 Å². The third-order valence-electron chi connectivity index (χ3n) is 2.97. The quantitative estimate of drug-likeness (QED) is 0.659. The van der Waals surface area contributed by atoms with E-state index in [-0.39, 0.29) is 11.9 Å². The highest BCUT2D eigenvalue weighted by Crippen LogP contribution is 2.11. The summed E-state index contributed by atoms with van der Waals surface area (Å²) < 4.78 is 0. The van der Waals surface area contributed by atoms with E-state index in [4.69, 9.17) is 5.73 Å². The average molecular weight is 257 g/mol. The molecule has 0 aliphatic heterocycles. The molecular formula is C14H31N3O.